The maximum absolute atomic E-state index is 13.6. The number of alkyl carbamates (subject to hydrolysis) is 1. The van der Waals surface area contributed by atoms with Crippen LogP contribution in [-0.2, 0) is 76.7 Å². The van der Waals surface area contributed by atoms with E-state index in [-0.39, 0.29) is 32.4 Å². The molecule has 11 atom stereocenters. The topological polar surface area (TPSA) is 148 Å². The van der Waals surface area contributed by atoms with Gasteiger partial charge in [-0.3, -0.25) is 4.79 Å². The lowest BCUT2D eigenvalue weighted by atomic mass is 9.94. The SMILES string of the molecule is C=CCOC(=O)N[C@H]1[C@H](OCCCCCCCCC(=O)OC)O[C@@H]2COC(c3ccccc3)O[C@H]2[C@@H]1O[C@@H]1O[C@@H](C)[C@@H](OCc2ccccc2)[C@@H](OCc2ccccc2)[C@@H]1OCc1ccccc1. The molecular weight excluding hydrogens is 871 g/mol. The summed E-state index contributed by atoms with van der Waals surface area (Å²) in [5, 5.41) is 3.01. The van der Waals surface area contributed by atoms with Crippen LogP contribution in [0.4, 0.5) is 4.79 Å². The monoisotopic (exact) mass is 937 g/mol. The van der Waals surface area contributed by atoms with E-state index in [1.165, 1.54) is 13.2 Å². The number of benzene rings is 4. The summed E-state index contributed by atoms with van der Waals surface area (Å²) >= 11 is 0. The van der Waals surface area contributed by atoms with Crippen LogP contribution in [-0.4, -0.2) is 100 Å². The summed E-state index contributed by atoms with van der Waals surface area (Å²) in [5.74, 6) is -0.190. The fourth-order valence-corrected chi connectivity index (χ4v) is 8.63. The molecule has 3 fully saturated rings. The van der Waals surface area contributed by atoms with Crippen LogP contribution in [0.5, 0.6) is 0 Å². The first kappa shape index (κ1) is 50.9. The summed E-state index contributed by atoms with van der Waals surface area (Å²) in [4.78, 5) is 25.1. The molecule has 14 heteroatoms. The first-order valence-corrected chi connectivity index (χ1v) is 23.9. The number of nitrogens with one attached hydrogen (secondary N) is 1. The van der Waals surface area contributed by atoms with Gasteiger partial charge in [0.15, 0.2) is 18.9 Å². The average Bonchev–Trinajstić information content (AvgIpc) is 3.38. The third kappa shape index (κ3) is 15.0. The van der Waals surface area contributed by atoms with Crippen molar-refractivity contribution in [1.29, 1.82) is 0 Å². The number of amides is 1. The zero-order chi connectivity index (χ0) is 47.3. The Kier molecular flexibility index (Phi) is 20.4. The predicted octanol–water partition coefficient (Wildman–Crippen LogP) is 8.91. The fraction of sp³-hybridized carbons (Fsp3) is 0.481. The van der Waals surface area contributed by atoms with E-state index in [9.17, 15) is 9.59 Å². The maximum Gasteiger partial charge on any atom is 0.407 e. The molecular formula is C54H67NO13. The van der Waals surface area contributed by atoms with E-state index in [1.807, 2.05) is 128 Å². The number of unbranched alkanes of at least 4 members (excludes halogenated alkanes) is 5. The second-order valence-electron chi connectivity index (χ2n) is 17.2. The number of esters is 1. The molecule has 0 saturated carbocycles. The summed E-state index contributed by atoms with van der Waals surface area (Å²) in [7, 11) is 1.41. The minimum atomic E-state index is -1.08. The van der Waals surface area contributed by atoms with E-state index in [4.69, 9.17) is 52.1 Å². The minimum absolute atomic E-state index is 0.0218. The second-order valence-corrected chi connectivity index (χ2v) is 17.2. The molecule has 3 aliphatic rings. The molecule has 1 amide bonds. The molecule has 3 saturated heterocycles. The van der Waals surface area contributed by atoms with Crippen molar-refractivity contribution < 1.29 is 61.7 Å². The number of carbonyl (C=O) groups excluding carboxylic acids is 2. The van der Waals surface area contributed by atoms with Crippen molar-refractivity contribution in [3.8, 4) is 0 Å². The smallest absolute Gasteiger partial charge is 0.407 e. The third-order valence-corrected chi connectivity index (χ3v) is 12.2. The highest BCUT2D eigenvalue weighted by Gasteiger charge is 2.55. The Hall–Kier alpha value is -5.00. The molecule has 0 aromatic heterocycles. The minimum Gasteiger partial charge on any atom is -0.469 e. The summed E-state index contributed by atoms with van der Waals surface area (Å²) in [6.45, 7) is 6.92. The van der Waals surface area contributed by atoms with E-state index in [2.05, 4.69) is 11.9 Å². The standard InChI is InChI=1S/C54H67NO13/c1-4-32-60-54(57)55-45-48(47-43(37-64-51(67-47)42-29-19-12-20-30-42)66-52(45)59-33-22-8-6-5-7-21-31-44(56)58-3)68-53-50(63-36-41-27-17-11-18-28-41)49(62-35-40-25-15-10-16-26-40)46(38(2)65-53)61-34-39-23-13-9-14-24-39/h4,9-20,23-30,38,43,45-53H,1,5-8,21-22,31-37H2,2-3H3,(H,55,57)/t38-,43+,45+,46+,47+,48+,49+,50-,51?,52+,53-/m0/s1. The van der Waals surface area contributed by atoms with E-state index < -0.39 is 73.7 Å². The van der Waals surface area contributed by atoms with Crippen molar-refractivity contribution >= 4 is 12.1 Å². The van der Waals surface area contributed by atoms with Crippen molar-refractivity contribution in [2.45, 2.75) is 139 Å². The van der Waals surface area contributed by atoms with Crippen LogP contribution in [0.3, 0.4) is 0 Å². The van der Waals surface area contributed by atoms with Gasteiger partial charge < -0.3 is 57.4 Å². The zero-order valence-electron chi connectivity index (χ0n) is 39.2. The van der Waals surface area contributed by atoms with Crippen LogP contribution in [0.15, 0.2) is 134 Å². The molecule has 4 aromatic rings. The summed E-state index contributed by atoms with van der Waals surface area (Å²) < 4.78 is 71.2. The maximum atomic E-state index is 13.6. The Labute approximate surface area is 400 Å². The molecule has 3 aliphatic heterocycles. The van der Waals surface area contributed by atoms with Crippen LogP contribution >= 0.6 is 0 Å². The normalized spacial score (nSPS) is 26.8. The van der Waals surface area contributed by atoms with E-state index in [0.717, 1.165) is 60.8 Å². The first-order chi connectivity index (χ1) is 33.4. The molecule has 0 spiro atoms. The van der Waals surface area contributed by atoms with Crippen molar-refractivity contribution in [2.24, 2.45) is 0 Å². The van der Waals surface area contributed by atoms with Crippen molar-refractivity contribution in [2.75, 3.05) is 26.9 Å². The third-order valence-electron chi connectivity index (χ3n) is 12.2. The van der Waals surface area contributed by atoms with Crippen LogP contribution in [0.25, 0.3) is 0 Å². The van der Waals surface area contributed by atoms with Gasteiger partial charge in [0, 0.05) is 18.6 Å². The van der Waals surface area contributed by atoms with Gasteiger partial charge in [0.1, 0.15) is 49.3 Å². The largest absolute Gasteiger partial charge is 0.469 e. The lowest BCUT2D eigenvalue weighted by Gasteiger charge is -2.51. The van der Waals surface area contributed by atoms with Gasteiger partial charge in [-0.2, -0.15) is 0 Å². The van der Waals surface area contributed by atoms with E-state index in [1.54, 1.807) is 0 Å². The van der Waals surface area contributed by atoms with Gasteiger partial charge in [-0.25, -0.2) is 4.79 Å². The van der Waals surface area contributed by atoms with Gasteiger partial charge in [0.25, 0.3) is 0 Å². The van der Waals surface area contributed by atoms with Crippen molar-refractivity contribution in [3.63, 3.8) is 0 Å². The number of hydrogen-bond donors (Lipinski definition) is 1. The van der Waals surface area contributed by atoms with Crippen LogP contribution in [0, 0.1) is 0 Å². The van der Waals surface area contributed by atoms with Gasteiger partial charge >= 0.3 is 12.1 Å². The van der Waals surface area contributed by atoms with Crippen LogP contribution < -0.4 is 5.32 Å². The van der Waals surface area contributed by atoms with E-state index in [0.29, 0.717) is 19.6 Å². The Bertz CT molecular complexity index is 2060. The molecule has 1 N–H and O–H groups in total. The Morgan fingerprint density at radius 2 is 1.21 bits per heavy atom. The predicted molar refractivity (Wildman–Crippen MR) is 252 cm³/mol. The highest BCUT2D eigenvalue weighted by molar-refractivity contribution is 5.69. The van der Waals surface area contributed by atoms with Crippen molar-refractivity contribution in [3.05, 3.63) is 156 Å². The molecule has 68 heavy (non-hydrogen) atoms. The molecule has 14 nitrogen and oxygen atoms in total. The summed E-state index contributed by atoms with van der Waals surface area (Å²) in [6, 6.07) is 38.5. The second kappa shape index (κ2) is 27.3. The lowest BCUT2D eigenvalue weighted by molar-refractivity contribution is -0.382. The molecule has 3 heterocycles. The molecule has 0 aliphatic carbocycles. The molecule has 4 aromatic carbocycles. The molecule has 0 radical (unpaired) electrons. The van der Waals surface area contributed by atoms with E-state index >= 15 is 0 Å². The molecule has 0 bridgehead atoms. The number of ether oxygens (including phenoxy) is 11. The van der Waals surface area contributed by atoms with Crippen molar-refractivity contribution in [1.82, 2.24) is 5.32 Å². The van der Waals surface area contributed by atoms with Crippen LogP contribution in [0.2, 0.25) is 0 Å². The number of fused-ring (bicyclic) bond motifs is 1. The van der Waals surface area contributed by atoms with Gasteiger partial charge in [-0.15, -0.1) is 0 Å². The number of methoxy groups -OCH3 is 1. The molecule has 7 rings (SSSR count). The highest BCUT2D eigenvalue weighted by atomic mass is 16.8. The first-order valence-electron chi connectivity index (χ1n) is 23.9. The summed E-state index contributed by atoms with van der Waals surface area (Å²) in [5.41, 5.74) is 3.72. The van der Waals surface area contributed by atoms with Gasteiger partial charge in [0.2, 0.25) is 0 Å². The summed E-state index contributed by atoms with van der Waals surface area (Å²) in [6.07, 6.45) is -1.48. The quantitative estimate of drug-likeness (QED) is 0.0384. The lowest BCUT2D eigenvalue weighted by Crippen LogP contribution is -2.69. The number of rotatable bonds is 25. The molecule has 366 valence electrons. The van der Waals surface area contributed by atoms with Gasteiger partial charge in [-0.05, 0) is 36.5 Å². The van der Waals surface area contributed by atoms with Crippen LogP contribution in [0.1, 0.15) is 80.4 Å². The average molecular weight is 938 g/mol. The molecule has 1 unspecified atom stereocenters. The number of hydrogen-bond acceptors (Lipinski definition) is 13. The highest BCUT2D eigenvalue weighted by Crippen LogP contribution is 2.39. The van der Waals surface area contributed by atoms with Gasteiger partial charge in [-0.1, -0.05) is 160 Å². The fourth-order valence-electron chi connectivity index (χ4n) is 8.63. The Morgan fingerprint density at radius 3 is 1.81 bits per heavy atom. The zero-order valence-corrected chi connectivity index (χ0v) is 39.2. The Balaban J connectivity index is 1.19. The number of carbonyl (C=O) groups is 2. The Morgan fingerprint density at radius 1 is 0.647 bits per heavy atom. The van der Waals surface area contributed by atoms with Gasteiger partial charge in [0.05, 0.1) is 39.6 Å².